The monoisotopic (exact) mass is 612 g/mol. The number of halogens is 1. The van der Waals surface area contributed by atoms with Gasteiger partial charge in [0.25, 0.3) is 0 Å². The van der Waals surface area contributed by atoms with Crippen LogP contribution in [0.25, 0.3) is 22.3 Å². The Balaban J connectivity index is 1.07. The third kappa shape index (κ3) is 4.70. The van der Waals surface area contributed by atoms with Crippen LogP contribution in [-0.2, 0) is 23.8 Å². The summed E-state index contributed by atoms with van der Waals surface area (Å²) in [5.41, 5.74) is 5.31. The smallest absolute Gasteiger partial charge is 0.341 e. The number of ether oxygens (including phenoxy) is 3. The molecule has 4 aromatic rings. The van der Waals surface area contributed by atoms with E-state index in [4.69, 9.17) is 25.8 Å². The molecule has 3 aliphatic rings. The van der Waals surface area contributed by atoms with Crippen LogP contribution in [0.3, 0.4) is 0 Å². The molecule has 9 heteroatoms. The number of alkyl halides is 1. The summed E-state index contributed by atoms with van der Waals surface area (Å²) >= 11 is 6.00. The number of fused-ring (bicyclic) bond motifs is 6. The summed E-state index contributed by atoms with van der Waals surface area (Å²) in [5.74, 6) is -2.92. The molecule has 4 atom stereocenters. The quantitative estimate of drug-likeness (QED) is 0.207. The molecule has 1 saturated heterocycles. The van der Waals surface area contributed by atoms with E-state index >= 15 is 0 Å². The van der Waals surface area contributed by atoms with Crippen molar-refractivity contribution in [3.05, 3.63) is 119 Å². The molecule has 4 aromatic carbocycles. The summed E-state index contributed by atoms with van der Waals surface area (Å²) in [4.78, 5) is 26.6. The molecule has 0 aromatic heterocycles. The number of aliphatic hydroxyl groups excluding tert-OH is 1. The molecule has 224 valence electrons. The van der Waals surface area contributed by atoms with Crippen molar-refractivity contribution in [1.82, 2.24) is 0 Å². The fourth-order valence-corrected chi connectivity index (χ4v) is 7.12. The Bertz CT molecular complexity index is 1680. The van der Waals surface area contributed by atoms with Crippen LogP contribution in [0, 0.1) is 0 Å². The minimum atomic E-state index is -2.64. The highest BCUT2D eigenvalue weighted by molar-refractivity contribution is 6.22. The predicted octanol–water partition coefficient (Wildman–Crippen LogP) is 4.46. The predicted molar refractivity (Wildman–Crippen MR) is 161 cm³/mol. The average molecular weight is 613 g/mol. The van der Waals surface area contributed by atoms with Gasteiger partial charge in [0.1, 0.15) is 19.3 Å². The lowest BCUT2D eigenvalue weighted by molar-refractivity contribution is -0.196. The largest absolute Gasteiger partial charge is 0.463 e. The van der Waals surface area contributed by atoms with Gasteiger partial charge < -0.3 is 29.5 Å². The Kier molecular flexibility index (Phi) is 7.07. The normalized spacial score (nSPS) is 24.2. The number of rotatable bonds is 7. The molecule has 0 saturated carbocycles. The molecule has 8 nitrogen and oxygen atoms in total. The fraction of sp³-hybridized carbons (Fsp3) is 0.257. The molecule has 0 bridgehead atoms. The molecule has 3 N–H and O–H groups in total. The number of hydrogen-bond acceptors (Lipinski definition) is 8. The summed E-state index contributed by atoms with van der Waals surface area (Å²) in [5, 5.41) is 30.4. The van der Waals surface area contributed by atoms with Crippen LogP contribution in [0.4, 0.5) is 0 Å². The molecule has 0 amide bonds. The minimum absolute atomic E-state index is 0.106. The summed E-state index contributed by atoms with van der Waals surface area (Å²) in [6.07, 6.45) is -4.94. The second-order valence-corrected chi connectivity index (χ2v) is 12.0. The zero-order chi connectivity index (χ0) is 30.6. The Morgan fingerprint density at radius 2 is 1.11 bits per heavy atom. The Hall–Kier alpha value is -4.05. The second-order valence-electron chi connectivity index (χ2n) is 11.5. The van der Waals surface area contributed by atoms with Gasteiger partial charge in [-0.05, 0) is 44.5 Å². The van der Waals surface area contributed by atoms with Crippen LogP contribution in [0.5, 0.6) is 0 Å². The Morgan fingerprint density at radius 1 is 0.727 bits per heavy atom. The van der Waals surface area contributed by atoms with Gasteiger partial charge in [-0.2, -0.15) is 0 Å². The van der Waals surface area contributed by atoms with Crippen LogP contribution >= 0.6 is 11.6 Å². The SMILES string of the molecule is O=C(OCC1c2ccccc2-c2ccccc21)C(O)[C@H]1OC(O)(Cl)C[C@@]1(O)C(=O)OCC1c2ccccc2-c2ccccc21. The van der Waals surface area contributed by atoms with E-state index in [9.17, 15) is 24.9 Å². The van der Waals surface area contributed by atoms with Crippen LogP contribution < -0.4 is 0 Å². The molecule has 1 aliphatic heterocycles. The first-order valence-electron chi connectivity index (χ1n) is 14.4. The van der Waals surface area contributed by atoms with E-state index in [-0.39, 0.29) is 25.0 Å². The fourth-order valence-electron chi connectivity index (χ4n) is 6.82. The highest BCUT2D eigenvalue weighted by atomic mass is 35.5. The first-order valence-corrected chi connectivity index (χ1v) is 14.8. The number of hydrogen-bond donors (Lipinski definition) is 3. The van der Waals surface area contributed by atoms with Gasteiger partial charge in [0.15, 0.2) is 11.7 Å². The van der Waals surface area contributed by atoms with Crippen LogP contribution in [-0.4, -0.2) is 63.5 Å². The van der Waals surface area contributed by atoms with Gasteiger partial charge in [-0.25, -0.2) is 9.59 Å². The van der Waals surface area contributed by atoms with Gasteiger partial charge in [0, 0.05) is 11.8 Å². The van der Waals surface area contributed by atoms with Crippen molar-refractivity contribution in [2.45, 2.75) is 41.3 Å². The molecule has 1 fully saturated rings. The molecule has 0 radical (unpaired) electrons. The van der Waals surface area contributed by atoms with Gasteiger partial charge in [0.2, 0.25) is 5.25 Å². The van der Waals surface area contributed by atoms with E-state index < -0.39 is 41.4 Å². The van der Waals surface area contributed by atoms with E-state index in [2.05, 4.69) is 0 Å². The van der Waals surface area contributed by atoms with Crippen molar-refractivity contribution in [2.75, 3.05) is 13.2 Å². The van der Waals surface area contributed by atoms with Gasteiger partial charge in [0.05, 0.1) is 6.42 Å². The minimum Gasteiger partial charge on any atom is -0.463 e. The van der Waals surface area contributed by atoms with E-state index in [1.807, 2.05) is 97.1 Å². The van der Waals surface area contributed by atoms with Crippen molar-refractivity contribution >= 4 is 23.5 Å². The summed E-state index contributed by atoms with van der Waals surface area (Å²) in [6, 6.07) is 31.1. The van der Waals surface area contributed by atoms with Crippen LogP contribution in [0.15, 0.2) is 97.1 Å². The third-order valence-electron chi connectivity index (χ3n) is 8.85. The number of carbonyl (C=O) groups is 2. The molecule has 1 heterocycles. The van der Waals surface area contributed by atoms with Crippen LogP contribution in [0.1, 0.15) is 40.5 Å². The maximum atomic E-state index is 13.4. The van der Waals surface area contributed by atoms with Gasteiger partial charge in [-0.15, -0.1) is 0 Å². The van der Waals surface area contributed by atoms with Gasteiger partial charge in [-0.3, -0.25) is 0 Å². The van der Waals surface area contributed by atoms with Gasteiger partial charge in [-0.1, -0.05) is 109 Å². The lowest BCUT2D eigenvalue weighted by Gasteiger charge is -2.29. The topological polar surface area (TPSA) is 123 Å². The lowest BCUT2D eigenvalue weighted by Crippen LogP contribution is -2.55. The van der Waals surface area contributed by atoms with Crippen LogP contribution in [0.2, 0.25) is 0 Å². The zero-order valence-corrected chi connectivity index (χ0v) is 24.2. The maximum absolute atomic E-state index is 13.4. The first-order chi connectivity index (χ1) is 21.2. The molecule has 2 unspecified atom stereocenters. The summed E-state index contributed by atoms with van der Waals surface area (Å²) < 4.78 is 16.4. The third-order valence-corrected chi connectivity index (χ3v) is 9.07. The highest BCUT2D eigenvalue weighted by Gasteiger charge is 2.63. The summed E-state index contributed by atoms with van der Waals surface area (Å²) in [6.45, 7) is -0.241. The molecule has 7 rings (SSSR count). The van der Waals surface area contributed by atoms with E-state index in [1.54, 1.807) is 0 Å². The molecule has 0 spiro atoms. The second kappa shape index (κ2) is 10.8. The van der Waals surface area contributed by atoms with Crippen molar-refractivity contribution in [3.63, 3.8) is 0 Å². The van der Waals surface area contributed by atoms with Crippen molar-refractivity contribution in [3.8, 4) is 22.3 Å². The first kappa shape index (κ1) is 28.7. The lowest BCUT2D eigenvalue weighted by atomic mass is 9.91. The van der Waals surface area contributed by atoms with Crippen molar-refractivity contribution in [1.29, 1.82) is 0 Å². The molecule has 44 heavy (non-hydrogen) atoms. The molecular formula is C35H29ClO8. The summed E-state index contributed by atoms with van der Waals surface area (Å²) in [7, 11) is 0. The molecular weight excluding hydrogens is 584 g/mol. The Morgan fingerprint density at radius 3 is 1.55 bits per heavy atom. The number of benzene rings is 4. The highest BCUT2D eigenvalue weighted by Crippen LogP contribution is 2.47. The number of esters is 2. The van der Waals surface area contributed by atoms with Crippen molar-refractivity contribution in [2.24, 2.45) is 0 Å². The van der Waals surface area contributed by atoms with E-state index in [0.717, 1.165) is 44.5 Å². The number of carbonyl (C=O) groups excluding carboxylic acids is 2. The number of aliphatic hydroxyl groups is 3. The van der Waals surface area contributed by atoms with E-state index in [0.29, 0.717) is 0 Å². The Labute approximate surface area is 258 Å². The standard InChI is InChI=1S/C35H29ClO8/c36-35(41)19-34(40,33(39)43-18-29-26-15-7-3-11-22(26)23-12-4-8-16-27(23)29)31(44-35)30(37)32(38)42-17-28-24-13-5-1-9-20(24)21-10-2-6-14-25(21)28/h1-16,28-31,37,40-41H,17-19H2/t30?,31-,34+,35?/m1/s1. The van der Waals surface area contributed by atoms with E-state index in [1.165, 1.54) is 0 Å². The average Bonchev–Trinajstić information content (AvgIpc) is 3.62. The van der Waals surface area contributed by atoms with Gasteiger partial charge >= 0.3 is 11.9 Å². The zero-order valence-electron chi connectivity index (χ0n) is 23.4. The molecule has 2 aliphatic carbocycles. The maximum Gasteiger partial charge on any atom is 0.341 e. The van der Waals surface area contributed by atoms with Crippen molar-refractivity contribution < 1.29 is 39.1 Å².